The summed E-state index contributed by atoms with van der Waals surface area (Å²) in [4.78, 5) is 37.4. The second kappa shape index (κ2) is 7.58. The standard InChI is InChI=1S/C20H26O6/c1-11(2)12-6-8-13(9-7-12)15-16(18(22)25-4)14(21)10-20(3,24)17(15)19(23)26-5/h6-9,11,15-17,24H,10H2,1-5H3/t15-,16-,17+,20+/m1/s1. The van der Waals surface area contributed by atoms with Crippen LogP contribution in [0, 0.1) is 11.8 Å². The van der Waals surface area contributed by atoms with Crippen molar-refractivity contribution in [3.8, 4) is 0 Å². The van der Waals surface area contributed by atoms with Crippen LogP contribution in [-0.4, -0.2) is 42.6 Å². The lowest BCUT2D eigenvalue weighted by Crippen LogP contribution is -2.55. The molecule has 0 heterocycles. The fourth-order valence-electron chi connectivity index (χ4n) is 3.77. The number of ketones is 1. The Morgan fingerprint density at radius 3 is 2.12 bits per heavy atom. The van der Waals surface area contributed by atoms with Gasteiger partial charge in [-0.1, -0.05) is 38.1 Å². The maximum Gasteiger partial charge on any atom is 0.316 e. The highest BCUT2D eigenvalue weighted by Gasteiger charge is 2.56. The Labute approximate surface area is 153 Å². The zero-order valence-corrected chi connectivity index (χ0v) is 15.8. The molecule has 0 saturated heterocycles. The fourth-order valence-corrected chi connectivity index (χ4v) is 3.77. The summed E-state index contributed by atoms with van der Waals surface area (Å²) in [5.41, 5.74) is 0.0937. The van der Waals surface area contributed by atoms with Gasteiger partial charge in [0.15, 0.2) is 5.78 Å². The number of benzene rings is 1. The monoisotopic (exact) mass is 362 g/mol. The number of hydrogen-bond acceptors (Lipinski definition) is 6. The van der Waals surface area contributed by atoms with Gasteiger partial charge >= 0.3 is 11.9 Å². The predicted octanol–water partition coefficient (Wildman–Crippen LogP) is 2.20. The summed E-state index contributed by atoms with van der Waals surface area (Å²) in [5, 5.41) is 10.8. The number of rotatable bonds is 4. The molecule has 2 rings (SSSR count). The highest BCUT2D eigenvalue weighted by Crippen LogP contribution is 2.46. The smallest absolute Gasteiger partial charge is 0.316 e. The first-order chi connectivity index (χ1) is 12.1. The van der Waals surface area contributed by atoms with Crippen LogP contribution in [0.1, 0.15) is 50.2 Å². The maximum absolute atomic E-state index is 12.6. The van der Waals surface area contributed by atoms with E-state index in [9.17, 15) is 19.5 Å². The highest BCUT2D eigenvalue weighted by molar-refractivity contribution is 6.02. The zero-order chi connectivity index (χ0) is 19.6. The van der Waals surface area contributed by atoms with Crippen molar-refractivity contribution in [3.63, 3.8) is 0 Å². The quantitative estimate of drug-likeness (QED) is 0.652. The summed E-state index contributed by atoms with van der Waals surface area (Å²) >= 11 is 0. The summed E-state index contributed by atoms with van der Waals surface area (Å²) in [6.07, 6.45) is -0.312. The molecule has 6 heteroatoms. The molecule has 4 atom stereocenters. The number of methoxy groups -OCH3 is 2. The van der Waals surface area contributed by atoms with Crippen molar-refractivity contribution < 1.29 is 29.0 Å². The first-order valence-corrected chi connectivity index (χ1v) is 8.64. The van der Waals surface area contributed by atoms with Gasteiger partial charge in [0.2, 0.25) is 0 Å². The van der Waals surface area contributed by atoms with Crippen molar-refractivity contribution in [3.05, 3.63) is 35.4 Å². The third-order valence-corrected chi connectivity index (χ3v) is 5.17. The number of esters is 2. The van der Waals surface area contributed by atoms with E-state index in [1.807, 2.05) is 12.1 Å². The van der Waals surface area contributed by atoms with Crippen LogP contribution in [0.25, 0.3) is 0 Å². The van der Waals surface area contributed by atoms with Gasteiger partial charge in [-0.05, 0) is 24.0 Å². The van der Waals surface area contributed by atoms with Crippen molar-refractivity contribution in [1.29, 1.82) is 0 Å². The van der Waals surface area contributed by atoms with Gasteiger partial charge in [0.05, 0.1) is 25.7 Å². The molecule has 142 valence electrons. The van der Waals surface area contributed by atoms with Gasteiger partial charge < -0.3 is 14.6 Å². The van der Waals surface area contributed by atoms with Crippen LogP contribution in [0.2, 0.25) is 0 Å². The normalized spacial score (nSPS) is 28.7. The fraction of sp³-hybridized carbons (Fsp3) is 0.550. The van der Waals surface area contributed by atoms with E-state index >= 15 is 0 Å². The van der Waals surface area contributed by atoms with E-state index in [0.717, 1.165) is 5.56 Å². The second-order valence-corrected chi connectivity index (χ2v) is 7.35. The molecule has 1 aromatic rings. The van der Waals surface area contributed by atoms with Gasteiger partial charge in [0.25, 0.3) is 0 Å². The molecule has 0 spiro atoms. The number of Topliss-reactive ketones (excluding diaryl/α,β-unsaturated/α-hetero) is 1. The van der Waals surface area contributed by atoms with E-state index in [0.29, 0.717) is 11.5 Å². The van der Waals surface area contributed by atoms with Crippen LogP contribution in [0.5, 0.6) is 0 Å². The molecule has 0 bridgehead atoms. The molecule has 1 aromatic carbocycles. The lowest BCUT2D eigenvalue weighted by molar-refractivity contribution is -0.170. The van der Waals surface area contributed by atoms with Crippen LogP contribution in [0.4, 0.5) is 0 Å². The minimum Gasteiger partial charge on any atom is -0.469 e. The van der Waals surface area contributed by atoms with Gasteiger partial charge in [0.1, 0.15) is 5.92 Å². The number of hydrogen-bond donors (Lipinski definition) is 1. The number of aliphatic hydroxyl groups is 1. The Bertz CT molecular complexity index is 689. The van der Waals surface area contributed by atoms with E-state index in [4.69, 9.17) is 9.47 Å². The molecule has 1 saturated carbocycles. The van der Waals surface area contributed by atoms with Crippen LogP contribution < -0.4 is 0 Å². The average Bonchev–Trinajstić information content (AvgIpc) is 2.59. The Balaban J connectivity index is 2.61. The highest BCUT2D eigenvalue weighted by atomic mass is 16.5. The van der Waals surface area contributed by atoms with Gasteiger partial charge in [-0.25, -0.2) is 0 Å². The van der Waals surface area contributed by atoms with Crippen LogP contribution >= 0.6 is 0 Å². The number of carbonyl (C=O) groups excluding carboxylic acids is 3. The summed E-state index contributed by atoms with van der Waals surface area (Å²) in [6.45, 7) is 5.53. The molecule has 1 aliphatic rings. The average molecular weight is 362 g/mol. The van der Waals surface area contributed by atoms with Crippen molar-refractivity contribution in [2.75, 3.05) is 14.2 Å². The van der Waals surface area contributed by atoms with E-state index in [1.165, 1.54) is 21.1 Å². The minimum atomic E-state index is -1.61. The molecule has 0 aliphatic heterocycles. The molecule has 1 fully saturated rings. The Morgan fingerprint density at radius 1 is 1.12 bits per heavy atom. The molecular formula is C20H26O6. The van der Waals surface area contributed by atoms with Gasteiger partial charge in [-0.3, -0.25) is 14.4 Å². The second-order valence-electron chi connectivity index (χ2n) is 7.35. The van der Waals surface area contributed by atoms with E-state index in [2.05, 4.69) is 13.8 Å². The van der Waals surface area contributed by atoms with Gasteiger partial charge in [-0.2, -0.15) is 0 Å². The lowest BCUT2D eigenvalue weighted by atomic mass is 9.61. The van der Waals surface area contributed by atoms with Crippen molar-refractivity contribution in [2.45, 2.75) is 44.6 Å². The Kier molecular flexibility index (Phi) is 5.86. The molecule has 6 nitrogen and oxygen atoms in total. The molecular weight excluding hydrogens is 336 g/mol. The number of ether oxygens (including phenoxy) is 2. The first-order valence-electron chi connectivity index (χ1n) is 8.64. The van der Waals surface area contributed by atoms with Crippen molar-refractivity contribution in [1.82, 2.24) is 0 Å². The van der Waals surface area contributed by atoms with Crippen LogP contribution in [0.15, 0.2) is 24.3 Å². The molecule has 0 amide bonds. The van der Waals surface area contributed by atoms with Gasteiger partial charge in [0, 0.05) is 12.3 Å². The lowest BCUT2D eigenvalue weighted by Gasteiger charge is -2.43. The predicted molar refractivity (Wildman–Crippen MR) is 94.5 cm³/mol. The Hall–Kier alpha value is -2.21. The van der Waals surface area contributed by atoms with Crippen molar-refractivity contribution >= 4 is 17.7 Å². The molecule has 1 aliphatic carbocycles. The van der Waals surface area contributed by atoms with E-state index in [1.54, 1.807) is 12.1 Å². The molecule has 0 unspecified atom stereocenters. The maximum atomic E-state index is 12.6. The van der Waals surface area contributed by atoms with Crippen LogP contribution in [0.3, 0.4) is 0 Å². The summed E-state index contributed by atoms with van der Waals surface area (Å²) in [6, 6.07) is 7.38. The SMILES string of the molecule is COC(=O)[C@@H]1C(=O)C[C@](C)(O)[C@H](C(=O)OC)[C@@H]1c1ccc(C(C)C)cc1. The summed E-state index contributed by atoms with van der Waals surface area (Å²) in [5.74, 6) is -4.57. The summed E-state index contributed by atoms with van der Waals surface area (Å²) in [7, 11) is 2.43. The topological polar surface area (TPSA) is 89.9 Å². The van der Waals surface area contributed by atoms with Crippen molar-refractivity contribution in [2.24, 2.45) is 11.8 Å². The van der Waals surface area contributed by atoms with E-state index in [-0.39, 0.29) is 6.42 Å². The van der Waals surface area contributed by atoms with Crippen LogP contribution in [-0.2, 0) is 23.9 Å². The molecule has 1 N–H and O–H groups in total. The first kappa shape index (κ1) is 20.1. The zero-order valence-electron chi connectivity index (χ0n) is 15.8. The third kappa shape index (κ3) is 3.65. The third-order valence-electron chi connectivity index (χ3n) is 5.17. The molecule has 0 aromatic heterocycles. The largest absolute Gasteiger partial charge is 0.469 e. The molecule has 0 radical (unpaired) electrons. The number of carbonyl (C=O) groups is 3. The summed E-state index contributed by atoms with van der Waals surface area (Å²) < 4.78 is 9.68. The van der Waals surface area contributed by atoms with E-state index < -0.39 is 41.1 Å². The van der Waals surface area contributed by atoms with Gasteiger partial charge in [-0.15, -0.1) is 0 Å². The Morgan fingerprint density at radius 2 is 1.65 bits per heavy atom. The molecule has 26 heavy (non-hydrogen) atoms. The minimum absolute atomic E-state index is 0.312.